The van der Waals surface area contributed by atoms with Crippen molar-refractivity contribution in [1.82, 2.24) is 17.8 Å². The standard InChI is InChI=1S/C34H49ClFN5O4S2/c1-27-23-39(46(42,43)34-14-13-32(37(2)3)22-33(34)36)18-7-16-38(25-28-9-5-4-6-10-28)17-8-19-40(24-27)47(44,45)41-20-15-29-21-31(35)12-11-30(29)26-41/h11-14,21-22,28H,1,4-10,15-20,23-26H2,2-3H3. The molecule has 0 unspecified atom stereocenters. The molecule has 9 nitrogen and oxygen atoms in total. The molecule has 1 aliphatic carbocycles. The molecule has 0 bridgehead atoms. The van der Waals surface area contributed by atoms with Crippen LogP contribution in [-0.4, -0.2) is 101 Å². The monoisotopic (exact) mass is 709 g/mol. The van der Waals surface area contributed by atoms with E-state index in [-0.39, 0.29) is 26.2 Å². The van der Waals surface area contributed by atoms with Crippen molar-refractivity contribution in [3.8, 4) is 0 Å². The van der Waals surface area contributed by atoms with Gasteiger partial charge in [0.05, 0.1) is 0 Å². The molecule has 5 rings (SSSR count). The van der Waals surface area contributed by atoms with Gasteiger partial charge >= 0.3 is 0 Å². The van der Waals surface area contributed by atoms with Crippen LogP contribution in [0.25, 0.3) is 0 Å². The van der Waals surface area contributed by atoms with E-state index in [1.807, 2.05) is 12.1 Å². The van der Waals surface area contributed by atoms with Crippen molar-refractivity contribution in [3.05, 3.63) is 70.5 Å². The largest absolute Gasteiger partial charge is 0.378 e. The lowest BCUT2D eigenvalue weighted by atomic mass is 9.89. The Bertz CT molecular complexity index is 1630. The second kappa shape index (κ2) is 15.7. The van der Waals surface area contributed by atoms with Gasteiger partial charge in [0.25, 0.3) is 10.2 Å². The Morgan fingerprint density at radius 2 is 1.47 bits per heavy atom. The van der Waals surface area contributed by atoms with Crippen molar-refractivity contribution in [3.63, 3.8) is 0 Å². The number of nitrogens with zero attached hydrogens (tertiary/aromatic N) is 5. The van der Waals surface area contributed by atoms with Crippen LogP contribution in [0, 0.1) is 11.7 Å². The van der Waals surface area contributed by atoms with Crippen LogP contribution >= 0.6 is 11.6 Å². The highest BCUT2D eigenvalue weighted by Crippen LogP contribution is 2.29. The Hall–Kier alpha value is -2.06. The first-order valence-corrected chi connectivity index (χ1v) is 19.9. The SMILES string of the molecule is C=C1CN(S(=O)(=O)c2ccc(N(C)C)cc2F)CCCN(CC2CCCCC2)CCCN(S(=O)(=O)N2CCc3cc(Cl)ccc3C2)C1. The molecule has 0 atom stereocenters. The molecule has 2 aromatic rings. The van der Waals surface area contributed by atoms with E-state index in [1.54, 1.807) is 31.1 Å². The number of hydrogen-bond donors (Lipinski definition) is 0. The molecule has 260 valence electrons. The molecule has 2 aromatic carbocycles. The summed E-state index contributed by atoms with van der Waals surface area (Å²) in [7, 11) is -4.62. The summed E-state index contributed by atoms with van der Waals surface area (Å²) in [6, 6.07) is 9.68. The van der Waals surface area contributed by atoms with Gasteiger partial charge in [-0.05, 0) is 98.1 Å². The highest BCUT2D eigenvalue weighted by atomic mass is 35.5. The van der Waals surface area contributed by atoms with E-state index in [0.717, 1.165) is 17.7 Å². The van der Waals surface area contributed by atoms with E-state index >= 15 is 4.39 Å². The van der Waals surface area contributed by atoms with Crippen molar-refractivity contribution >= 4 is 37.5 Å². The van der Waals surface area contributed by atoms with E-state index in [0.29, 0.717) is 67.6 Å². The van der Waals surface area contributed by atoms with Gasteiger partial charge in [-0.3, -0.25) is 0 Å². The average molecular weight is 710 g/mol. The molecule has 0 aromatic heterocycles. The highest BCUT2D eigenvalue weighted by Gasteiger charge is 2.35. The maximum absolute atomic E-state index is 15.3. The van der Waals surface area contributed by atoms with Crippen molar-refractivity contribution < 1.29 is 21.2 Å². The Morgan fingerprint density at radius 1 is 0.809 bits per heavy atom. The number of benzene rings is 2. The summed E-state index contributed by atoms with van der Waals surface area (Å²) < 4.78 is 75.9. The van der Waals surface area contributed by atoms with E-state index in [9.17, 15) is 16.8 Å². The number of halogens is 2. The summed E-state index contributed by atoms with van der Waals surface area (Å²) in [4.78, 5) is 3.69. The summed E-state index contributed by atoms with van der Waals surface area (Å²) >= 11 is 6.19. The third-order valence-corrected chi connectivity index (χ3v) is 13.7. The van der Waals surface area contributed by atoms with Gasteiger partial charge in [-0.1, -0.05) is 43.5 Å². The van der Waals surface area contributed by atoms with Gasteiger partial charge in [0, 0.05) is 70.6 Å². The molecule has 0 N–H and O–H groups in total. The average Bonchev–Trinajstić information content (AvgIpc) is 3.02. The normalized spacial score (nSPS) is 21.1. The first-order chi connectivity index (χ1) is 22.3. The van der Waals surface area contributed by atoms with Crippen LogP contribution < -0.4 is 4.90 Å². The van der Waals surface area contributed by atoms with Gasteiger partial charge < -0.3 is 9.80 Å². The van der Waals surface area contributed by atoms with Gasteiger partial charge in [0.1, 0.15) is 10.7 Å². The zero-order valence-electron chi connectivity index (χ0n) is 27.7. The molecule has 0 amide bonds. The molecule has 13 heteroatoms. The van der Waals surface area contributed by atoms with Crippen molar-refractivity contribution in [1.29, 1.82) is 0 Å². The van der Waals surface area contributed by atoms with Gasteiger partial charge in [0.15, 0.2) is 0 Å². The molecule has 3 aliphatic rings. The zero-order valence-corrected chi connectivity index (χ0v) is 30.1. The van der Waals surface area contributed by atoms with E-state index in [2.05, 4.69) is 11.5 Å². The summed E-state index contributed by atoms with van der Waals surface area (Å²) in [5, 5.41) is 0.630. The summed E-state index contributed by atoms with van der Waals surface area (Å²) in [5.74, 6) is -0.231. The Morgan fingerprint density at radius 3 is 2.15 bits per heavy atom. The summed E-state index contributed by atoms with van der Waals surface area (Å²) in [5.41, 5.74) is 2.97. The topological polar surface area (TPSA) is 84.5 Å². The minimum absolute atomic E-state index is 0.0248. The molecule has 47 heavy (non-hydrogen) atoms. The maximum Gasteiger partial charge on any atom is 0.282 e. The smallest absolute Gasteiger partial charge is 0.282 e. The summed E-state index contributed by atoms with van der Waals surface area (Å²) in [6.45, 7) is 7.36. The van der Waals surface area contributed by atoms with Gasteiger partial charge in [-0.2, -0.15) is 21.3 Å². The zero-order chi connectivity index (χ0) is 33.8. The third-order valence-electron chi connectivity index (χ3n) is 9.65. The molecular formula is C34H49ClFN5O4S2. The Balaban J connectivity index is 1.41. The molecule has 2 fully saturated rings. The van der Waals surface area contributed by atoms with Crippen molar-refractivity contribution in [2.45, 2.75) is 62.8 Å². The predicted molar refractivity (Wildman–Crippen MR) is 187 cm³/mol. The Labute approximate surface area is 286 Å². The lowest BCUT2D eigenvalue weighted by Crippen LogP contribution is -2.48. The van der Waals surface area contributed by atoms with Gasteiger partial charge in [0.2, 0.25) is 10.0 Å². The number of sulfonamides is 1. The molecule has 2 aliphatic heterocycles. The van der Waals surface area contributed by atoms with E-state index < -0.39 is 30.9 Å². The Kier molecular flexibility index (Phi) is 12.1. The first kappa shape index (κ1) is 36.2. The molecule has 2 heterocycles. The molecule has 0 spiro atoms. The van der Waals surface area contributed by atoms with Gasteiger partial charge in [-0.15, -0.1) is 0 Å². The second-order valence-electron chi connectivity index (χ2n) is 13.4. The van der Waals surface area contributed by atoms with E-state index in [4.69, 9.17) is 11.6 Å². The maximum atomic E-state index is 15.3. The third kappa shape index (κ3) is 8.95. The number of anilines is 1. The van der Waals surface area contributed by atoms with Gasteiger partial charge in [-0.25, -0.2) is 12.8 Å². The number of rotatable bonds is 7. The van der Waals surface area contributed by atoms with Crippen LogP contribution in [0.2, 0.25) is 5.02 Å². The van der Waals surface area contributed by atoms with Crippen LogP contribution in [0.3, 0.4) is 0 Å². The quantitative estimate of drug-likeness (QED) is 0.360. The number of hydrogen-bond acceptors (Lipinski definition) is 6. The highest BCUT2D eigenvalue weighted by molar-refractivity contribution is 7.89. The lowest BCUT2D eigenvalue weighted by Gasteiger charge is -2.35. The number of fused-ring (bicyclic) bond motifs is 1. The molecule has 1 saturated heterocycles. The minimum atomic E-state index is -4.24. The fourth-order valence-electron chi connectivity index (χ4n) is 7.05. The van der Waals surface area contributed by atoms with Crippen LogP contribution in [0.1, 0.15) is 56.1 Å². The molecular weight excluding hydrogens is 661 g/mol. The fraction of sp³-hybridized carbons (Fsp3) is 0.588. The second-order valence-corrected chi connectivity index (χ2v) is 17.7. The van der Waals surface area contributed by atoms with Crippen LogP contribution in [0.4, 0.5) is 10.1 Å². The first-order valence-electron chi connectivity index (χ1n) is 16.7. The van der Waals surface area contributed by atoms with Crippen LogP contribution in [0.15, 0.2) is 53.4 Å². The summed E-state index contributed by atoms with van der Waals surface area (Å²) in [6.07, 6.45) is 7.87. The van der Waals surface area contributed by atoms with Crippen LogP contribution in [-0.2, 0) is 33.2 Å². The van der Waals surface area contributed by atoms with Crippen LogP contribution in [0.5, 0.6) is 0 Å². The molecule has 0 radical (unpaired) electrons. The van der Waals surface area contributed by atoms with Crippen molar-refractivity contribution in [2.24, 2.45) is 5.92 Å². The minimum Gasteiger partial charge on any atom is -0.378 e. The predicted octanol–water partition coefficient (Wildman–Crippen LogP) is 5.37. The fourth-order valence-corrected chi connectivity index (χ4v) is 10.4. The van der Waals surface area contributed by atoms with E-state index in [1.165, 1.54) is 57.2 Å². The van der Waals surface area contributed by atoms with Crippen molar-refractivity contribution in [2.75, 3.05) is 71.4 Å². The lowest BCUT2D eigenvalue weighted by molar-refractivity contribution is 0.187. The molecule has 1 saturated carbocycles.